The van der Waals surface area contributed by atoms with Gasteiger partial charge in [0.25, 0.3) is 0 Å². The highest BCUT2D eigenvalue weighted by Gasteiger charge is 2.31. The molecule has 2 aliphatic heterocycles. The molecule has 0 saturated carbocycles. The molecule has 2 saturated heterocycles. The minimum Gasteiger partial charge on any atom is -0.396 e. The largest absolute Gasteiger partial charge is 0.396 e. The molecule has 20 heavy (non-hydrogen) atoms. The van der Waals surface area contributed by atoms with Crippen LogP contribution in [0, 0.1) is 0 Å². The number of hydrogen-bond acceptors (Lipinski definition) is 5. The fourth-order valence-corrected chi connectivity index (χ4v) is 4.17. The Bertz CT molecular complexity index is 615. The lowest BCUT2D eigenvalue weighted by molar-refractivity contribution is 0.231. The van der Waals surface area contributed by atoms with Crippen LogP contribution >= 0.6 is 0 Å². The third kappa shape index (κ3) is 2.38. The first-order valence-corrected chi connectivity index (χ1v) is 8.93. The van der Waals surface area contributed by atoms with Crippen molar-refractivity contribution in [1.29, 1.82) is 0 Å². The van der Waals surface area contributed by atoms with E-state index in [9.17, 15) is 8.42 Å². The van der Waals surface area contributed by atoms with E-state index in [-0.39, 0.29) is 4.90 Å². The van der Waals surface area contributed by atoms with Crippen LogP contribution in [0.3, 0.4) is 0 Å². The zero-order valence-electron chi connectivity index (χ0n) is 11.7. The van der Waals surface area contributed by atoms with E-state index in [0.29, 0.717) is 11.7 Å². The molecule has 0 aromatic heterocycles. The van der Waals surface area contributed by atoms with Gasteiger partial charge in [-0.15, -0.1) is 0 Å². The lowest BCUT2D eigenvalue weighted by Gasteiger charge is -2.39. The van der Waals surface area contributed by atoms with E-state index in [1.54, 1.807) is 12.1 Å². The standard InChI is InChI=1S/C14H21N3O2S/c1-20(18,19)13-6-2-5-12(14(13)15)17-9-8-16-7-3-4-11(16)10-17/h2,5-6,11H,3-4,7-10,15H2,1H3. The van der Waals surface area contributed by atoms with E-state index in [4.69, 9.17) is 5.73 Å². The molecule has 0 aliphatic carbocycles. The number of sulfone groups is 1. The minimum atomic E-state index is -3.27. The Hall–Kier alpha value is -1.27. The first kappa shape index (κ1) is 13.7. The zero-order valence-corrected chi connectivity index (χ0v) is 12.6. The molecule has 0 amide bonds. The minimum absolute atomic E-state index is 0.240. The Kier molecular flexibility index (Phi) is 3.38. The van der Waals surface area contributed by atoms with Crippen molar-refractivity contribution < 1.29 is 8.42 Å². The van der Waals surface area contributed by atoms with Crippen molar-refractivity contribution in [2.24, 2.45) is 0 Å². The predicted octanol–water partition coefficient (Wildman–Crippen LogP) is 0.957. The van der Waals surface area contributed by atoms with E-state index in [1.165, 1.54) is 25.6 Å². The lowest BCUT2D eigenvalue weighted by Crippen LogP contribution is -2.50. The van der Waals surface area contributed by atoms with Gasteiger partial charge >= 0.3 is 0 Å². The number of hydrogen-bond donors (Lipinski definition) is 1. The molecule has 1 aromatic carbocycles. The van der Waals surface area contributed by atoms with Crippen molar-refractivity contribution >= 4 is 21.2 Å². The van der Waals surface area contributed by atoms with Crippen LogP contribution in [0.5, 0.6) is 0 Å². The van der Waals surface area contributed by atoms with Crippen molar-refractivity contribution in [2.45, 2.75) is 23.8 Å². The number of rotatable bonds is 2. The summed E-state index contributed by atoms with van der Waals surface area (Å²) >= 11 is 0. The number of nitrogen functional groups attached to an aromatic ring is 1. The smallest absolute Gasteiger partial charge is 0.177 e. The fraction of sp³-hybridized carbons (Fsp3) is 0.571. The first-order valence-electron chi connectivity index (χ1n) is 7.04. The van der Waals surface area contributed by atoms with Gasteiger partial charge in [-0.3, -0.25) is 4.90 Å². The number of nitrogens with zero attached hydrogens (tertiary/aromatic N) is 2. The van der Waals surface area contributed by atoms with Gasteiger partial charge in [-0.2, -0.15) is 0 Å². The van der Waals surface area contributed by atoms with Crippen LogP contribution in [0.2, 0.25) is 0 Å². The summed E-state index contributed by atoms with van der Waals surface area (Å²) in [6.45, 7) is 4.08. The Morgan fingerprint density at radius 2 is 2.05 bits per heavy atom. The molecule has 1 aromatic rings. The summed E-state index contributed by atoms with van der Waals surface area (Å²) in [6, 6.07) is 5.88. The third-order valence-corrected chi connectivity index (χ3v) is 5.53. The number of para-hydroxylation sites is 1. The summed E-state index contributed by atoms with van der Waals surface area (Å²) in [4.78, 5) is 4.99. The lowest BCUT2D eigenvalue weighted by atomic mass is 10.1. The summed E-state index contributed by atoms with van der Waals surface area (Å²) in [5, 5.41) is 0. The number of piperazine rings is 1. The van der Waals surface area contributed by atoms with Crippen molar-refractivity contribution in [3.05, 3.63) is 18.2 Å². The maximum atomic E-state index is 11.8. The van der Waals surface area contributed by atoms with Crippen LogP contribution in [0.1, 0.15) is 12.8 Å². The van der Waals surface area contributed by atoms with Gasteiger partial charge in [0.05, 0.1) is 16.3 Å². The third-order valence-electron chi connectivity index (χ3n) is 4.37. The molecular formula is C14H21N3O2S. The molecule has 3 rings (SSSR count). The van der Waals surface area contributed by atoms with Gasteiger partial charge in [0.1, 0.15) is 0 Å². The Balaban J connectivity index is 1.91. The van der Waals surface area contributed by atoms with Crippen molar-refractivity contribution in [2.75, 3.05) is 43.1 Å². The molecule has 0 bridgehead atoms. The molecule has 5 nitrogen and oxygen atoms in total. The Labute approximate surface area is 120 Å². The normalized spacial score (nSPS) is 23.9. The second-order valence-corrected chi connectivity index (χ2v) is 7.72. The summed E-state index contributed by atoms with van der Waals surface area (Å²) < 4.78 is 23.5. The maximum absolute atomic E-state index is 11.8. The van der Waals surface area contributed by atoms with E-state index >= 15 is 0 Å². The van der Waals surface area contributed by atoms with E-state index in [1.807, 2.05) is 6.07 Å². The number of nitrogens with two attached hydrogens (primary N) is 1. The average Bonchev–Trinajstić information content (AvgIpc) is 2.84. The van der Waals surface area contributed by atoms with Crippen molar-refractivity contribution in [3.8, 4) is 0 Å². The fourth-order valence-electron chi connectivity index (χ4n) is 3.34. The highest BCUT2D eigenvalue weighted by Crippen LogP contribution is 2.32. The number of benzene rings is 1. The van der Waals surface area contributed by atoms with Gasteiger partial charge in [0, 0.05) is 31.9 Å². The van der Waals surface area contributed by atoms with Crippen LogP contribution < -0.4 is 10.6 Å². The second kappa shape index (κ2) is 4.93. The van der Waals surface area contributed by atoms with Crippen LogP contribution in [-0.2, 0) is 9.84 Å². The molecule has 2 heterocycles. The highest BCUT2D eigenvalue weighted by atomic mass is 32.2. The van der Waals surface area contributed by atoms with Gasteiger partial charge in [0.15, 0.2) is 9.84 Å². The van der Waals surface area contributed by atoms with Crippen molar-refractivity contribution in [3.63, 3.8) is 0 Å². The summed E-state index contributed by atoms with van der Waals surface area (Å²) in [5.74, 6) is 0. The van der Waals surface area contributed by atoms with Crippen LogP contribution in [0.4, 0.5) is 11.4 Å². The van der Waals surface area contributed by atoms with E-state index in [2.05, 4.69) is 9.80 Å². The molecule has 1 atom stereocenters. The summed E-state index contributed by atoms with van der Waals surface area (Å²) in [5.41, 5.74) is 7.35. The Morgan fingerprint density at radius 3 is 2.80 bits per heavy atom. The molecular weight excluding hydrogens is 274 g/mol. The molecule has 2 N–H and O–H groups in total. The molecule has 0 radical (unpaired) electrons. The summed E-state index contributed by atoms with van der Waals surface area (Å²) in [6.07, 6.45) is 3.69. The molecule has 0 spiro atoms. The van der Waals surface area contributed by atoms with E-state index in [0.717, 1.165) is 25.3 Å². The average molecular weight is 295 g/mol. The monoisotopic (exact) mass is 295 g/mol. The number of anilines is 2. The maximum Gasteiger partial charge on any atom is 0.177 e. The summed E-state index contributed by atoms with van der Waals surface area (Å²) in [7, 11) is -3.27. The molecule has 2 aliphatic rings. The predicted molar refractivity (Wildman–Crippen MR) is 80.8 cm³/mol. The molecule has 6 heteroatoms. The first-order chi connectivity index (χ1) is 9.47. The number of fused-ring (bicyclic) bond motifs is 1. The van der Waals surface area contributed by atoms with Gasteiger partial charge in [-0.1, -0.05) is 6.07 Å². The zero-order chi connectivity index (χ0) is 14.3. The topological polar surface area (TPSA) is 66.6 Å². The van der Waals surface area contributed by atoms with Crippen LogP contribution in [-0.4, -0.2) is 51.8 Å². The van der Waals surface area contributed by atoms with Crippen LogP contribution in [0.25, 0.3) is 0 Å². The van der Waals surface area contributed by atoms with Gasteiger partial charge in [0.2, 0.25) is 0 Å². The molecule has 2 fully saturated rings. The van der Waals surface area contributed by atoms with E-state index < -0.39 is 9.84 Å². The van der Waals surface area contributed by atoms with Gasteiger partial charge in [-0.05, 0) is 31.5 Å². The van der Waals surface area contributed by atoms with Crippen molar-refractivity contribution in [1.82, 2.24) is 4.90 Å². The molecule has 1 unspecified atom stereocenters. The van der Waals surface area contributed by atoms with Crippen LogP contribution in [0.15, 0.2) is 23.1 Å². The second-order valence-electron chi connectivity index (χ2n) is 5.74. The van der Waals surface area contributed by atoms with Gasteiger partial charge < -0.3 is 10.6 Å². The quantitative estimate of drug-likeness (QED) is 0.823. The SMILES string of the molecule is CS(=O)(=O)c1cccc(N2CCN3CCCC3C2)c1N. The molecule has 110 valence electrons. The highest BCUT2D eigenvalue weighted by molar-refractivity contribution is 7.90. The van der Waals surface area contributed by atoms with Gasteiger partial charge in [-0.25, -0.2) is 8.42 Å². The Morgan fingerprint density at radius 1 is 1.25 bits per heavy atom.